The van der Waals surface area contributed by atoms with Gasteiger partial charge >= 0.3 is 16.1 Å². The fraction of sp³-hybridized carbons (Fsp3) is 0.0833. The van der Waals surface area contributed by atoms with E-state index in [0.29, 0.717) is 18.2 Å². The smallest absolute Gasteiger partial charge is 0.397 e. The highest BCUT2D eigenvalue weighted by atomic mass is 32.3. The summed E-state index contributed by atoms with van der Waals surface area (Å²) in [4.78, 5) is 18.4. The molecule has 4 rings (SSSR count). The molecular formula is C24H19N7O18S4. The molecule has 0 aromatic heterocycles. The summed E-state index contributed by atoms with van der Waals surface area (Å²) in [6.45, 7) is -1.05. The Hall–Kier alpha value is -5.50. The van der Waals surface area contributed by atoms with Crippen LogP contribution in [-0.4, -0.2) is 72.0 Å². The van der Waals surface area contributed by atoms with Crippen LogP contribution in [0.1, 0.15) is 0 Å². The maximum absolute atomic E-state index is 12.6. The average molecular weight is 822 g/mol. The SMILES string of the molecule is Nc1ccc2cc(SOOO)c(N=Nc3cc([N+](=O)[O-])cc([N+](=O)[O-])c3O)c(O)c2c1N=Nc1ccc(S(=O)(=O)CCOS(=O)(=O)O)cc1S(=O)(=O)O. The van der Waals surface area contributed by atoms with Gasteiger partial charge in [0.15, 0.2) is 15.6 Å². The molecule has 0 heterocycles. The second-order valence-electron chi connectivity index (χ2n) is 9.82. The number of rotatable bonds is 15. The van der Waals surface area contributed by atoms with E-state index in [-0.39, 0.29) is 33.4 Å². The Balaban J connectivity index is 1.88. The van der Waals surface area contributed by atoms with E-state index >= 15 is 0 Å². The Labute approximate surface area is 299 Å². The lowest BCUT2D eigenvalue weighted by atomic mass is 10.1. The van der Waals surface area contributed by atoms with Crippen molar-refractivity contribution in [3.63, 3.8) is 0 Å². The molecule has 0 aliphatic heterocycles. The number of aromatic hydroxyl groups is 2. The van der Waals surface area contributed by atoms with Crippen LogP contribution < -0.4 is 5.73 Å². The Morgan fingerprint density at radius 3 is 2.08 bits per heavy atom. The minimum Gasteiger partial charge on any atom is -0.505 e. The summed E-state index contributed by atoms with van der Waals surface area (Å²) >= 11 is 0.222. The molecule has 29 heteroatoms. The number of nitrogen functional groups attached to an aromatic ring is 1. The maximum Gasteiger partial charge on any atom is 0.397 e. The second kappa shape index (κ2) is 15.6. The first-order chi connectivity index (χ1) is 24.6. The number of nitro benzene ring substituents is 2. The van der Waals surface area contributed by atoms with Crippen LogP contribution in [0.3, 0.4) is 0 Å². The van der Waals surface area contributed by atoms with E-state index in [2.05, 4.69) is 34.0 Å². The number of nitrogens with two attached hydrogens (primary N) is 1. The third kappa shape index (κ3) is 9.49. The van der Waals surface area contributed by atoms with Crippen LogP contribution in [0.15, 0.2) is 83.7 Å². The quantitative estimate of drug-likeness (QED) is 0.0179. The van der Waals surface area contributed by atoms with Crippen molar-refractivity contribution in [2.75, 3.05) is 18.1 Å². The molecule has 0 bridgehead atoms. The number of hydrogen-bond donors (Lipinski definition) is 6. The molecule has 0 aliphatic rings. The molecule has 4 aromatic carbocycles. The number of phenols is 2. The Kier molecular flexibility index (Phi) is 11.9. The van der Waals surface area contributed by atoms with Crippen LogP contribution in [0.2, 0.25) is 0 Å². The van der Waals surface area contributed by atoms with Gasteiger partial charge in [0.1, 0.15) is 27.6 Å². The fourth-order valence-electron chi connectivity index (χ4n) is 4.22. The molecule has 25 nitrogen and oxygen atoms in total. The van der Waals surface area contributed by atoms with Gasteiger partial charge in [-0.1, -0.05) is 11.1 Å². The van der Waals surface area contributed by atoms with Gasteiger partial charge in [-0.25, -0.2) is 17.9 Å². The number of sulfone groups is 1. The van der Waals surface area contributed by atoms with Gasteiger partial charge in [-0.3, -0.25) is 29.3 Å². The first kappa shape index (κ1) is 40.3. The van der Waals surface area contributed by atoms with E-state index in [1.807, 2.05) is 0 Å². The van der Waals surface area contributed by atoms with Gasteiger partial charge in [0, 0.05) is 6.07 Å². The number of nitrogens with zero attached hydrogens (tertiary/aromatic N) is 6. The third-order valence-corrected chi connectivity index (χ3v) is 10.2. The van der Waals surface area contributed by atoms with Gasteiger partial charge in [-0.05, 0) is 35.7 Å². The lowest BCUT2D eigenvalue weighted by molar-refractivity contribution is -0.432. The molecule has 0 spiro atoms. The summed E-state index contributed by atoms with van der Waals surface area (Å²) in [5.74, 6) is -3.08. The Morgan fingerprint density at radius 2 is 1.47 bits per heavy atom. The van der Waals surface area contributed by atoms with Crippen molar-refractivity contribution in [2.24, 2.45) is 20.5 Å². The van der Waals surface area contributed by atoms with E-state index < -0.39 is 108 Å². The molecule has 53 heavy (non-hydrogen) atoms. The van der Waals surface area contributed by atoms with Crippen molar-refractivity contribution in [3.05, 3.63) is 68.8 Å². The molecule has 282 valence electrons. The van der Waals surface area contributed by atoms with Crippen LogP contribution in [0.4, 0.5) is 39.8 Å². The zero-order valence-electron chi connectivity index (χ0n) is 25.5. The monoisotopic (exact) mass is 821 g/mol. The van der Waals surface area contributed by atoms with E-state index in [0.717, 1.165) is 12.1 Å². The van der Waals surface area contributed by atoms with Crippen molar-refractivity contribution >= 4 is 93.0 Å². The zero-order chi connectivity index (χ0) is 39.5. The summed E-state index contributed by atoms with van der Waals surface area (Å²) in [7, 11) is -14.7. The van der Waals surface area contributed by atoms with Gasteiger partial charge < -0.3 is 15.9 Å². The topological polar surface area (TPSA) is 393 Å². The molecule has 0 saturated carbocycles. The first-order valence-electron chi connectivity index (χ1n) is 13.3. The number of benzene rings is 4. The molecule has 0 radical (unpaired) electrons. The predicted molar refractivity (Wildman–Crippen MR) is 176 cm³/mol. The summed E-state index contributed by atoms with van der Waals surface area (Å²) in [6, 6.07) is 6.91. The van der Waals surface area contributed by atoms with Gasteiger partial charge in [-0.15, -0.1) is 24.8 Å². The maximum atomic E-state index is 12.6. The molecule has 0 amide bonds. The fourth-order valence-corrected chi connectivity index (χ4v) is 6.95. The van der Waals surface area contributed by atoms with Crippen molar-refractivity contribution in [1.82, 2.24) is 0 Å². The second-order valence-corrected chi connectivity index (χ2v) is 15.2. The van der Waals surface area contributed by atoms with Gasteiger partial charge in [0.25, 0.3) is 15.8 Å². The van der Waals surface area contributed by atoms with Gasteiger partial charge in [-0.2, -0.15) is 16.8 Å². The highest BCUT2D eigenvalue weighted by Crippen LogP contribution is 2.49. The number of nitro groups is 2. The molecule has 4 aromatic rings. The summed E-state index contributed by atoms with van der Waals surface area (Å²) in [5.41, 5.74) is 1.33. The predicted octanol–water partition coefficient (Wildman–Crippen LogP) is 4.75. The van der Waals surface area contributed by atoms with Crippen LogP contribution >= 0.6 is 12.0 Å². The standard InChI is InChI=1S/C24H19N7O18S4/c25-14-3-1-11-7-18(50-49-48-38)22(29-27-16-8-12(30(34)35)9-17(23(16)32)31(36)37)24(33)20(11)21(14)28-26-15-4-2-13(10-19(15)52(41,42)43)51(39,40)6-5-47-53(44,45)46/h1-4,7-10,32-33,38H,5-6,25H2,(H,41,42,43)(H,44,45,46). The first-order valence-corrected chi connectivity index (χ1v) is 18.5. The van der Waals surface area contributed by atoms with Crippen molar-refractivity contribution in [3.8, 4) is 11.5 Å². The largest absolute Gasteiger partial charge is 0.505 e. The average Bonchev–Trinajstić information content (AvgIpc) is 3.05. The molecule has 0 unspecified atom stereocenters. The number of azo groups is 2. The number of hydrogen-bond acceptors (Lipinski definition) is 22. The van der Waals surface area contributed by atoms with E-state index in [1.54, 1.807) is 0 Å². The number of non-ortho nitro benzene ring substituents is 1. The molecule has 0 fully saturated rings. The number of phenolic OH excluding ortho intramolecular Hbond substituents is 2. The van der Waals surface area contributed by atoms with E-state index in [9.17, 15) is 60.2 Å². The molecule has 7 N–H and O–H groups in total. The van der Waals surface area contributed by atoms with Crippen LogP contribution in [0, 0.1) is 20.2 Å². The summed E-state index contributed by atoms with van der Waals surface area (Å²) in [5, 5.41) is 71.3. The van der Waals surface area contributed by atoms with Crippen LogP contribution in [0.5, 0.6) is 11.5 Å². The third-order valence-electron chi connectivity index (χ3n) is 6.51. The minimum absolute atomic E-state index is 0.0611. The summed E-state index contributed by atoms with van der Waals surface area (Å²) in [6.07, 6.45) is 0. The Bertz CT molecular complexity index is 2550. The van der Waals surface area contributed by atoms with E-state index in [1.165, 1.54) is 18.2 Å². The number of anilines is 1. The van der Waals surface area contributed by atoms with Crippen molar-refractivity contribution in [1.29, 1.82) is 0 Å². The normalized spacial score (nSPS) is 12.6. The van der Waals surface area contributed by atoms with Gasteiger partial charge in [0.2, 0.25) is 5.75 Å². The lowest BCUT2D eigenvalue weighted by Gasteiger charge is -2.12. The van der Waals surface area contributed by atoms with Gasteiger partial charge in [0.05, 0.1) is 61.2 Å². The van der Waals surface area contributed by atoms with E-state index in [4.69, 9.17) is 15.5 Å². The zero-order valence-corrected chi connectivity index (χ0v) is 28.7. The van der Waals surface area contributed by atoms with Crippen LogP contribution in [0.25, 0.3) is 10.8 Å². The summed E-state index contributed by atoms with van der Waals surface area (Å²) < 4.78 is 98.1. The Morgan fingerprint density at radius 1 is 0.811 bits per heavy atom. The number of fused-ring (bicyclic) bond motifs is 1. The molecule has 0 saturated heterocycles. The van der Waals surface area contributed by atoms with Crippen LogP contribution in [-0.2, 0) is 43.9 Å². The lowest BCUT2D eigenvalue weighted by Crippen LogP contribution is -2.16. The minimum atomic E-state index is -5.25. The highest BCUT2D eigenvalue weighted by molar-refractivity contribution is 7.94. The van der Waals surface area contributed by atoms with Crippen molar-refractivity contribution in [2.45, 2.75) is 14.7 Å². The molecular weight excluding hydrogens is 803 g/mol. The molecule has 0 atom stereocenters. The molecule has 0 aliphatic carbocycles. The van der Waals surface area contributed by atoms with Crippen molar-refractivity contribution < 1.29 is 73.2 Å². The highest BCUT2D eigenvalue weighted by Gasteiger charge is 2.26.